The van der Waals surface area contributed by atoms with Gasteiger partial charge in [0.2, 0.25) is 0 Å². The van der Waals surface area contributed by atoms with Crippen molar-refractivity contribution in [3.63, 3.8) is 0 Å². The first-order valence-corrected chi connectivity index (χ1v) is 11.1. The van der Waals surface area contributed by atoms with Crippen LogP contribution >= 0.6 is 24.2 Å². The zero-order valence-electron chi connectivity index (χ0n) is 15.6. The van der Waals surface area contributed by atoms with E-state index >= 15 is 0 Å². The molecule has 3 nitrogen and oxygen atoms in total. The number of rotatable bonds is 8. The van der Waals surface area contributed by atoms with E-state index in [-0.39, 0.29) is 17.0 Å². The van der Waals surface area contributed by atoms with E-state index < -0.39 is 11.2 Å². The predicted octanol–water partition coefficient (Wildman–Crippen LogP) is 5.13. The first-order chi connectivity index (χ1) is 12.6. The third-order valence-electron chi connectivity index (χ3n) is 4.20. The Balaban J connectivity index is 0.00000261. The maximum Gasteiger partial charge on any atom is 0.179 e. The van der Waals surface area contributed by atoms with E-state index in [4.69, 9.17) is 0 Å². The lowest BCUT2D eigenvalue weighted by Gasteiger charge is -2.22. The van der Waals surface area contributed by atoms with Gasteiger partial charge in [-0.05, 0) is 30.6 Å². The minimum atomic E-state index is -0.964. The van der Waals surface area contributed by atoms with Gasteiger partial charge in [-0.3, -0.25) is 0 Å². The SMILES string of the molecule is Cc1ccc(CSC(Cn2ccnc2)[S+]([O-])Cc2ccc(C)cc2)cc1.Cl. The first kappa shape index (κ1) is 21.9. The quantitative estimate of drug-likeness (QED) is 0.474. The van der Waals surface area contributed by atoms with Crippen LogP contribution in [0.5, 0.6) is 0 Å². The van der Waals surface area contributed by atoms with Crippen LogP contribution in [0, 0.1) is 13.8 Å². The van der Waals surface area contributed by atoms with Crippen LogP contribution in [-0.2, 0) is 29.2 Å². The lowest BCUT2D eigenvalue weighted by atomic mass is 10.2. The maximum atomic E-state index is 13.1. The summed E-state index contributed by atoms with van der Waals surface area (Å²) in [5.41, 5.74) is 4.88. The summed E-state index contributed by atoms with van der Waals surface area (Å²) >= 11 is 0.797. The Kier molecular flexibility index (Phi) is 8.77. The Labute approximate surface area is 175 Å². The smallest absolute Gasteiger partial charge is 0.179 e. The van der Waals surface area contributed by atoms with Crippen molar-refractivity contribution in [1.29, 1.82) is 0 Å². The normalized spacial score (nSPS) is 13.0. The predicted molar refractivity (Wildman–Crippen MR) is 119 cm³/mol. The van der Waals surface area contributed by atoms with E-state index in [9.17, 15) is 4.55 Å². The Morgan fingerprint density at radius 1 is 1.00 bits per heavy atom. The summed E-state index contributed by atoms with van der Waals surface area (Å²) in [6.07, 6.45) is 5.50. The highest BCUT2D eigenvalue weighted by Crippen LogP contribution is 2.27. The molecule has 0 aliphatic carbocycles. The summed E-state index contributed by atoms with van der Waals surface area (Å²) in [4.78, 5) is 4.11. The van der Waals surface area contributed by atoms with Crippen LogP contribution in [0.25, 0.3) is 0 Å². The molecule has 1 heterocycles. The zero-order valence-corrected chi connectivity index (χ0v) is 18.0. The summed E-state index contributed by atoms with van der Waals surface area (Å²) < 4.78 is 15.1. The molecule has 2 atom stereocenters. The zero-order chi connectivity index (χ0) is 18.4. The highest BCUT2D eigenvalue weighted by Gasteiger charge is 2.24. The van der Waals surface area contributed by atoms with E-state index in [2.05, 4.69) is 67.4 Å². The monoisotopic (exact) mass is 420 g/mol. The van der Waals surface area contributed by atoms with E-state index in [1.54, 1.807) is 24.3 Å². The molecule has 0 N–H and O–H groups in total. The molecule has 0 saturated carbocycles. The highest BCUT2D eigenvalue weighted by molar-refractivity contribution is 8.12. The molecule has 2 unspecified atom stereocenters. The average Bonchev–Trinajstić information content (AvgIpc) is 3.15. The van der Waals surface area contributed by atoms with Gasteiger partial charge in [0.15, 0.2) is 4.58 Å². The molecule has 0 amide bonds. The second-order valence-corrected chi connectivity index (χ2v) is 9.60. The Morgan fingerprint density at radius 3 is 2.15 bits per heavy atom. The van der Waals surface area contributed by atoms with Gasteiger partial charge in [0, 0.05) is 23.7 Å². The number of aromatic nitrogens is 2. The van der Waals surface area contributed by atoms with Crippen LogP contribution in [0.1, 0.15) is 22.3 Å². The number of thioether (sulfide) groups is 1. The van der Waals surface area contributed by atoms with Crippen molar-refractivity contribution in [2.45, 2.75) is 36.5 Å². The summed E-state index contributed by atoms with van der Waals surface area (Å²) in [6, 6.07) is 16.9. The molecule has 0 spiro atoms. The van der Waals surface area contributed by atoms with Crippen molar-refractivity contribution >= 4 is 35.3 Å². The first-order valence-electron chi connectivity index (χ1n) is 8.66. The molecule has 0 aliphatic heterocycles. The topological polar surface area (TPSA) is 40.9 Å². The number of hydrogen-bond donors (Lipinski definition) is 0. The second kappa shape index (κ2) is 10.8. The van der Waals surface area contributed by atoms with Gasteiger partial charge in [0.25, 0.3) is 0 Å². The number of imidazole rings is 1. The van der Waals surface area contributed by atoms with Gasteiger partial charge in [-0.25, -0.2) is 4.98 Å². The number of nitrogens with zero attached hydrogens (tertiary/aromatic N) is 2. The van der Waals surface area contributed by atoms with Crippen LogP contribution < -0.4 is 0 Å². The van der Waals surface area contributed by atoms with Crippen molar-refractivity contribution in [2.75, 3.05) is 0 Å². The molecule has 6 heteroatoms. The molecule has 2 aromatic carbocycles. The van der Waals surface area contributed by atoms with Gasteiger partial charge in [0.05, 0.1) is 12.9 Å². The van der Waals surface area contributed by atoms with E-state index in [0.717, 1.165) is 11.3 Å². The van der Waals surface area contributed by atoms with E-state index in [0.29, 0.717) is 12.3 Å². The van der Waals surface area contributed by atoms with Crippen molar-refractivity contribution in [3.05, 3.63) is 89.5 Å². The second-order valence-electron chi connectivity index (χ2n) is 6.50. The van der Waals surface area contributed by atoms with Crippen molar-refractivity contribution in [1.82, 2.24) is 9.55 Å². The molecule has 1 aromatic heterocycles. The highest BCUT2D eigenvalue weighted by atomic mass is 35.5. The van der Waals surface area contributed by atoms with E-state index in [1.807, 2.05) is 10.8 Å². The molecule has 0 bridgehead atoms. The fraction of sp³-hybridized carbons (Fsp3) is 0.286. The van der Waals surface area contributed by atoms with Crippen LogP contribution in [0.3, 0.4) is 0 Å². The van der Waals surface area contributed by atoms with Gasteiger partial charge in [0.1, 0.15) is 5.75 Å². The number of halogens is 1. The fourth-order valence-electron chi connectivity index (χ4n) is 2.59. The molecule has 0 aliphatic rings. The summed E-state index contributed by atoms with van der Waals surface area (Å²) in [7, 11) is 0. The van der Waals surface area contributed by atoms with Crippen molar-refractivity contribution in [2.24, 2.45) is 0 Å². The Bertz CT molecular complexity index is 792. The minimum Gasteiger partial charge on any atom is -0.615 e. The average molecular weight is 421 g/mol. The van der Waals surface area contributed by atoms with Crippen molar-refractivity contribution < 1.29 is 4.55 Å². The van der Waals surface area contributed by atoms with Crippen LogP contribution in [0.4, 0.5) is 0 Å². The molecule has 144 valence electrons. The van der Waals surface area contributed by atoms with Crippen LogP contribution in [0.2, 0.25) is 0 Å². The molecular formula is C21H25ClN2OS2. The van der Waals surface area contributed by atoms with Crippen LogP contribution in [0.15, 0.2) is 67.3 Å². The molecule has 0 saturated heterocycles. The van der Waals surface area contributed by atoms with Gasteiger partial charge in [-0.2, -0.15) is 0 Å². The molecule has 3 rings (SSSR count). The molecule has 27 heavy (non-hydrogen) atoms. The summed E-state index contributed by atoms with van der Waals surface area (Å²) in [6.45, 7) is 4.87. The fourth-order valence-corrected chi connectivity index (χ4v) is 5.50. The lowest BCUT2D eigenvalue weighted by Crippen LogP contribution is -2.25. The Hall–Kier alpha value is -1.40. The van der Waals surface area contributed by atoms with Crippen LogP contribution in [-0.4, -0.2) is 18.7 Å². The van der Waals surface area contributed by atoms with Gasteiger partial charge >= 0.3 is 0 Å². The largest absolute Gasteiger partial charge is 0.615 e. The number of benzene rings is 2. The standard InChI is InChI=1S/C21H24N2OS2.ClH/c1-17-3-7-19(8-4-17)14-25-21(13-23-12-11-22-16-23)26(24)15-20-9-5-18(2)6-10-20;/h3-12,16,21H,13-15H2,1-2H3;1H. The van der Waals surface area contributed by atoms with Gasteiger partial charge < -0.3 is 9.12 Å². The van der Waals surface area contributed by atoms with Crippen molar-refractivity contribution in [3.8, 4) is 0 Å². The molecule has 3 aromatic rings. The lowest BCUT2D eigenvalue weighted by molar-refractivity contribution is 0.582. The summed E-state index contributed by atoms with van der Waals surface area (Å²) in [5, 5.41) is 0. The summed E-state index contributed by atoms with van der Waals surface area (Å²) in [5.74, 6) is 1.44. The molecule has 0 fully saturated rings. The third kappa shape index (κ3) is 6.92. The maximum absolute atomic E-state index is 13.1. The van der Waals surface area contributed by atoms with E-state index in [1.165, 1.54) is 16.7 Å². The Morgan fingerprint density at radius 2 is 1.59 bits per heavy atom. The van der Waals surface area contributed by atoms with Gasteiger partial charge in [-0.15, -0.1) is 12.4 Å². The third-order valence-corrected chi connectivity index (χ3v) is 7.62. The van der Waals surface area contributed by atoms with Gasteiger partial charge in [-0.1, -0.05) is 71.4 Å². The molecule has 0 radical (unpaired) electrons. The minimum absolute atomic E-state index is 0. The number of hydrogen-bond acceptors (Lipinski definition) is 3. The molecular weight excluding hydrogens is 396 g/mol. The number of aryl methyl sites for hydroxylation is 2.